The Kier molecular flexibility index (Phi) is 4.93. The molecule has 2 aromatic rings. The number of rotatable bonds is 5. The molecular weight excluding hydrogens is 280 g/mol. The number of nitrogens with one attached hydrogen (secondary N) is 1. The van der Waals surface area contributed by atoms with Gasteiger partial charge >= 0.3 is 0 Å². The molecule has 0 saturated carbocycles. The molecule has 0 spiro atoms. The first-order chi connectivity index (χ1) is 9.19. The number of anilines is 1. The second kappa shape index (κ2) is 6.68. The molecule has 2 rings (SSSR count). The van der Waals surface area contributed by atoms with E-state index in [4.69, 9.17) is 11.6 Å². The van der Waals surface area contributed by atoms with Crippen LogP contribution in [0.2, 0.25) is 5.02 Å². The number of halogens is 1. The van der Waals surface area contributed by atoms with Crippen molar-refractivity contribution in [1.82, 2.24) is 4.98 Å². The minimum absolute atomic E-state index is 0.269. The third-order valence-corrected chi connectivity index (χ3v) is 3.82. The van der Waals surface area contributed by atoms with E-state index in [1.165, 1.54) is 0 Å². The molecule has 0 amide bonds. The maximum absolute atomic E-state index is 9.41. The predicted octanol–water partition coefficient (Wildman–Crippen LogP) is 4.16. The fourth-order valence-corrected chi connectivity index (χ4v) is 2.74. The van der Waals surface area contributed by atoms with Gasteiger partial charge in [-0.2, -0.15) is 0 Å². The highest BCUT2D eigenvalue weighted by Gasteiger charge is 2.05. The molecule has 19 heavy (non-hydrogen) atoms. The third-order valence-electron chi connectivity index (χ3n) is 2.47. The second-order valence-corrected chi connectivity index (χ2v) is 5.40. The number of pyridine rings is 1. The summed E-state index contributed by atoms with van der Waals surface area (Å²) in [6.45, 7) is 2.85. The van der Waals surface area contributed by atoms with Crippen LogP contribution in [0.4, 0.5) is 5.82 Å². The first kappa shape index (κ1) is 14.0. The van der Waals surface area contributed by atoms with Crippen LogP contribution < -0.4 is 5.32 Å². The largest absolute Gasteiger partial charge is 0.508 e. The molecule has 3 nitrogen and oxygen atoms in total. The van der Waals surface area contributed by atoms with Crippen LogP contribution in [0.5, 0.6) is 5.75 Å². The normalized spacial score (nSPS) is 10.4. The van der Waals surface area contributed by atoms with Gasteiger partial charge in [0.15, 0.2) is 0 Å². The lowest BCUT2D eigenvalue weighted by molar-refractivity contribution is 0.474. The summed E-state index contributed by atoms with van der Waals surface area (Å²) >= 11 is 7.73. The summed E-state index contributed by atoms with van der Waals surface area (Å²) in [5, 5.41) is 13.2. The van der Waals surface area contributed by atoms with Gasteiger partial charge in [-0.15, -0.1) is 11.8 Å². The third kappa shape index (κ3) is 4.04. The quantitative estimate of drug-likeness (QED) is 0.813. The Morgan fingerprint density at radius 2 is 2.16 bits per heavy atom. The lowest BCUT2D eigenvalue weighted by Crippen LogP contribution is -2.01. The van der Waals surface area contributed by atoms with Crippen molar-refractivity contribution in [2.75, 3.05) is 11.9 Å². The highest BCUT2D eigenvalue weighted by Crippen LogP contribution is 2.28. The van der Waals surface area contributed by atoms with E-state index in [2.05, 4.69) is 10.3 Å². The average molecular weight is 295 g/mol. The van der Waals surface area contributed by atoms with E-state index in [1.54, 1.807) is 23.9 Å². The van der Waals surface area contributed by atoms with Crippen LogP contribution in [-0.2, 0) is 5.75 Å². The van der Waals surface area contributed by atoms with Crippen LogP contribution in [0.1, 0.15) is 12.6 Å². The highest BCUT2D eigenvalue weighted by molar-refractivity contribution is 7.98. The van der Waals surface area contributed by atoms with Crippen molar-refractivity contribution in [2.45, 2.75) is 17.6 Å². The topological polar surface area (TPSA) is 45.1 Å². The molecule has 0 bridgehead atoms. The molecule has 2 N–H and O–H groups in total. The van der Waals surface area contributed by atoms with Gasteiger partial charge in [0, 0.05) is 17.2 Å². The van der Waals surface area contributed by atoms with Gasteiger partial charge in [-0.3, -0.25) is 0 Å². The van der Waals surface area contributed by atoms with Gasteiger partial charge in [0.05, 0.1) is 10.7 Å². The van der Waals surface area contributed by atoms with E-state index in [1.807, 2.05) is 31.2 Å². The number of hydrogen-bond donors (Lipinski definition) is 2. The number of phenols is 1. The maximum Gasteiger partial charge on any atom is 0.126 e. The van der Waals surface area contributed by atoms with Crippen molar-refractivity contribution in [3.63, 3.8) is 0 Å². The van der Waals surface area contributed by atoms with Crippen molar-refractivity contribution < 1.29 is 5.11 Å². The number of aromatic nitrogens is 1. The first-order valence-electron chi connectivity index (χ1n) is 6.00. The minimum atomic E-state index is 0.269. The Morgan fingerprint density at radius 3 is 2.89 bits per heavy atom. The average Bonchev–Trinajstić information content (AvgIpc) is 2.40. The maximum atomic E-state index is 9.41. The molecule has 1 heterocycles. The highest BCUT2D eigenvalue weighted by atomic mass is 35.5. The van der Waals surface area contributed by atoms with E-state index < -0.39 is 0 Å². The Hall–Kier alpha value is -1.39. The van der Waals surface area contributed by atoms with Crippen LogP contribution >= 0.6 is 23.4 Å². The van der Waals surface area contributed by atoms with Gasteiger partial charge in [-0.1, -0.05) is 17.7 Å². The molecule has 100 valence electrons. The van der Waals surface area contributed by atoms with Gasteiger partial charge in [0.25, 0.3) is 0 Å². The predicted molar refractivity (Wildman–Crippen MR) is 81.1 cm³/mol. The van der Waals surface area contributed by atoms with Gasteiger partial charge in [-0.25, -0.2) is 4.98 Å². The molecule has 0 atom stereocenters. The number of phenolic OH excluding ortho intramolecular Hbond substituents is 1. The van der Waals surface area contributed by atoms with Crippen LogP contribution in [0.15, 0.2) is 41.3 Å². The van der Waals surface area contributed by atoms with E-state index in [0.717, 1.165) is 23.0 Å². The molecule has 0 fully saturated rings. The monoisotopic (exact) mass is 294 g/mol. The summed E-state index contributed by atoms with van der Waals surface area (Å²) in [5.74, 6) is 1.77. The summed E-state index contributed by atoms with van der Waals surface area (Å²) < 4.78 is 0. The van der Waals surface area contributed by atoms with E-state index in [0.29, 0.717) is 10.8 Å². The van der Waals surface area contributed by atoms with Gasteiger partial charge in [-0.05, 0) is 37.3 Å². The smallest absolute Gasteiger partial charge is 0.126 e. The first-order valence-corrected chi connectivity index (χ1v) is 7.36. The number of benzene rings is 1. The van der Waals surface area contributed by atoms with Crippen LogP contribution in [-0.4, -0.2) is 16.6 Å². The van der Waals surface area contributed by atoms with Crippen molar-refractivity contribution in [2.24, 2.45) is 0 Å². The summed E-state index contributed by atoms with van der Waals surface area (Å²) in [6, 6.07) is 10.9. The summed E-state index contributed by atoms with van der Waals surface area (Å²) in [5.41, 5.74) is 0.841. The molecule has 0 aliphatic heterocycles. The Labute approximate surface area is 122 Å². The van der Waals surface area contributed by atoms with E-state index in [9.17, 15) is 5.11 Å². The van der Waals surface area contributed by atoms with Crippen molar-refractivity contribution >= 4 is 29.2 Å². The molecule has 5 heteroatoms. The standard InChI is InChI=1S/C14H15ClN2OS/c1-2-16-14-7-6-12(15)13(17-14)9-19-11-5-3-4-10(18)8-11/h3-8,18H,2,9H2,1H3,(H,16,17). The zero-order valence-corrected chi connectivity index (χ0v) is 12.1. The van der Waals surface area contributed by atoms with Crippen molar-refractivity contribution in [3.05, 3.63) is 47.1 Å². The van der Waals surface area contributed by atoms with Crippen molar-refractivity contribution in [1.29, 1.82) is 0 Å². The molecule has 0 aliphatic rings. The number of nitrogens with zero attached hydrogens (tertiary/aromatic N) is 1. The zero-order chi connectivity index (χ0) is 13.7. The number of aromatic hydroxyl groups is 1. The molecule has 0 radical (unpaired) electrons. The Morgan fingerprint density at radius 1 is 1.32 bits per heavy atom. The Bertz CT molecular complexity index is 563. The zero-order valence-electron chi connectivity index (χ0n) is 10.6. The summed E-state index contributed by atoms with van der Waals surface area (Å²) in [4.78, 5) is 5.47. The number of hydrogen-bond acceptors (Lipinski definition) is 4. The fraction of sp³-hybridized carbons (Fsp3) is 0.214. The van der Waals surface area contributed by atoms with Crippen molar-refractivity contribution in [3.8, 4) is 5.75 Å². The molecule has 0 aliphatic carbocycles. The SMILES string of the molecule is CCNc1ccc(Cl)c(CSc2cccc(O)c2)n1. The molecular formula is C14H15ClN2OS. The number of thioether (sulfide) groups is 1. The van der Waals surface area contributed by atoms with E-state index in [-0.39, 0.29) is 5.75 Å². The Balaban J connectivity index is 2.08. The summed E-state index contributed by atoms with van der Waals surface area (Å²) in [7, 11) is 0. The fourth-order valence-electron chi connectivity index (χ4n) is 1.59. The van der Waals surface area contributed by atoms with Crippen LogP contribution in [0, 0.1) is 0 Å². The van der Waals surface area contributed by atoms with Gasteiger partial charge in [0.1, 0.15) is 11.6 Å². The van der Waals surface area contributed by atoms with Crippen LogP contribution in [0.25, 0.3) is 0 Å². The lowest BCUT2D eigenvalue weighted by Gasteiger charge is -2.07. The molecule has 1 aromatic carbocycles. The molecule has 0 unspecified atom stereocenters. The molecule has 0 saturated heterocycles. The van der Waals surface area contributed by atoms with Crippen LogP contribution in [0.3, 0.4) is 0 Å². The summed E-state index contributed by atoms with van der Waals surface area (Å²) in [6.07, 6.45) is 0. The van der Waals surface area contributed by atoms with Gasteiger partial charge in [0.2, 0.25) is 0 Å². The second-order valence-electron chi connectivity index (χ2n) is 3.94. The van der Waals surface area contributed by atoms with E-state index >= 15 is 0 Å². The lowest BCUT2D eigenvalue weighted by atomic mass is 10.3. The minimum Gasteiger partial charge on any atom is -0.508 e. The van der Waals surface area contributed by atoms with Gasteiger partial charge < -0.3 is 10.4 Å². The molecule has 1 aromatic heterocycles.